The van der Waals surface area contributed by atoms with Crippen LogP contribution >= 0.6 is 0 Å². The van der Waals surface area contributed by atoms with Gasteiger partial charge in [-0.1, -0.05) is 60.7 Å². The van der Waals surface area contributed by atoms with Gasteiger partial charge in [-0.15, -0.1) is 6.58 Å². The van der Waals surface area contributed by atoms with E-state index in [-0.39, 0.29) is 31.0 Å². The van der Waals surface area contributed by atoms with Crippen molar-refractivity contribution in [1.82, 2.24) is 0 Å². The lowest BCUT2D eigenvalue weighted by Crippen LogP contribution is -2.38. The van der Waals surface area contributed by atoms with Crippen molar-refractivity contribution in [2.24, 2.45) is 0 Å². The van der Waals surface area contributed by atoms with Crippen molar-refractivity contribution >= 4 is 11.5 Å². The Balaban J connectivity index is 1.67. The average Bonchev–Trinajstić information content (AvgIpc) is 2.92. The van der Waals surface area contributed by atoms with Crippen LogP contribution in [0.5, 0.6) is 11.5 Å². The van der Waals surface area contributed by atoms with Crippen LogP contribution in [0.2, 0.25) is 0 Å². The third-order valence-corrected chi connectivity index (χ3v) is 5.74. The summed E-state index contributed by atoms with van der Waals surface area (Å²) in [6.45, 7) is 4.70. The molecule has 190 valence electrons. The molecule has 0 bridgehead atoms. The Morgan fingerprint density at radius 1 is 0.889 bits per heavy atom. The second-order valence-corrected chi connectivity index (χ2v) is 8.39. The Labute approximate surface area is 213 Å². The maximum Gasteiger partial charge on any atom is 0.160 e. The van der Waals surface area contributed by atoms with E-state index in [1.807, 2.05) is 84.9 Å². The fourth-order valence-corrected chi connectivity index (χ4v) is 3.84. The van der Waals surface area contributed by atoms with Crippen LogP contribution in [0.4, 0.5) is 5.69 Å². The minimum atomic E-state index is -0.305. The number of ketones is 1. The number of hydrogen-bond donors (Lipinski definition) is 1. The largest absolute Gasteiger partial charge is 0.497 e. The van der Waals surface area contributed by atoms with Crippen LogP contribution in [0.25, 0.3) is 0 Å². The van der Waals surface area contributed by atoms with E-state index in [2.05, 4.69) is 11.9 Å². The van der Waals surface area contributed by atoms with Gasteiger partial charge in [-0.25, -0.2) is 0 Å². The molecule has 6 heteroatoms. The van der Waals surface area contributed by atoms with Gasteiger partial charge in [0.1, 0.15) is 18.1 Å². The molecule has 36 heavy (non-hydrogen) atoms. The Morgan fingerprint density at radius 2 is 1.58 bits per heavy atom. The van der Waals surface area contributed by atoms with Gasteiger partial charge in [0, 0.05) is 6.42 Å². The fourth-order valence-electron chi connectivity index (χ4n) is 3.84. The zero-order chi connectivity index (χ0) is 25.6. The molecular weight excluding hydrogens is 454 g/mol. The van der Waals surface area contributed by atoms with Gasteiger partial charge in [0.05, 0.1) is 45.3 Å². The van der Waals surface area contributed by atoms with Crippen molar-refractivity contribution in [2.75, 3.05) is 26.1 Å². The number of nitrogens with one attached hydrogen (secondary N) is 1. The van der Waals surface area contributed by atoms with Crippen LogP contribution in [0.1, 0.15) is 24.0 Å². The predicted molar refractivity (Wildman–Crippen MR) is 143 cm³/mol. The highest BCUT2D eigenvalue weighted by molar-refractivity contribution is 5.81. The molecule has 0 heterocycles. The smallest absolute Gasteiger partial charge is 0.160 e. The van der Waals surface area contributed by atoms with E-state index in [1.165, 1.54) is 0 Å². The quantitative estimate of drug-likeness (QED) is 0.256. The third kappa shape index (κ3) is 8.56. The van der Waals surface area contributed by atoms with E-state index >= 15 is 0 Å². The minimum absolute atomic E-state index is 0.00955. The number of para-hydroxylation sites is 2. The van der Waals surface area contributed by atoms with E-state index in [0.29, 0.717) is 25.4 Å². The summed E-state index contributed by atoms with van der Waals surface area (Å²) in [5, 5.41) is 3.48. The zero-order valence-electron chi connectivity index (χ0n) is 21.0. The van der Waals surface area contributed by atoms with E-state index in [4.69, 9.17) is 18.9 Å². The Morgan fingerprint density at radius 3 is 2.28 bits per heavy atom. The van der Waals surface area contributed by atoms with Crippen LogP contribution < -0.4 is 14.8 Å². The fraction of sp³-hybridized carbons (Fsp3) is 0.300. The van der Waals surface area contributed by atoms with Crippen molar-refractivity contribution in [3.63, 3.8) is 0 Å². The SMILES string of the molecule is C=CC[C@H](OCc1ccccc1)[C@@H](CC(=O)COCc1ccc(OC)cc1)Nc1ccccc1OC. The molecule has 0 saturated heterocycles. The highest BCUT2D eigenvalue weighted by Gasteiger charge is 2.25. The van der Waals surface area contributed by atoms with E-state index < -0.39 is 0 Å². The monoisotopic (exact) mass is 489 g/mol. The van der Waals surface area contributed by atoms with Gasteiger partial charge in [0.25, 0.3) is 0 Å². The second-order valence-electron chi connectivity index (χ2n) is 8.39. The van der Waals surface area contributed by atoms with Gasteiger partial charge in [-0.3, -0.25) is 4.79 Å². The first-order chi connectivity index (χ1) is 17.6. The van der Waals surface area contributed by atoms with E-state index in [1.54, 1.807) is 14.2 Å². The number of carbonyl (C=O) groups is 1. The van der Waals surface area contributed by atoms with Crippen molar-refractivity contribution < 1.29 is 23.7 Å². The van der Waals surface area contributed by atoms with Crippen LogP contribution in [0, 0.1) is 0 Å². The number of anilines is 1. The molecule has 3 rings (SSSR count). The molecule has 0 unspecified atom stereocenters. The molecule has 0 aliphatic carbocycles. The molecule has 0 aromatic heterocycles. The van der Waals surface area contributed by atoms with E-state index in [0.717, 1.165) is 22.6 Å². The van der Waals surface area contributed by atoms with Crippen molar-refractivity contribution in [1.29, 1.82) is 0 Å². The summed E-state index contributed by atoms with van der Waals surface area (Å²) in [6, 6.07) is 24.9. The molecule has 0 saturated carbocycles. The summed E-state index contributed by atoms with van der Waals surface area (Å²) in [7, 11) is 3.25. The topological polar surface area (TPSA) is 66.0 Å². The first kappa shape index (κ1) is 27.0. The molecule has 0 aliphatic rings. The molecule has 0 amide bonds. The number of benzene rings is 3. The normalized spacial score (nSPS) is 12.4. The van der Waals surface area contributed by atoms with Gasteiger partial charge in [-0.2, -0.15) is 0 Å². The summed E-state index contributed by atoms with van der Waals surface area (Å²) in [5.41, 5.74) is 2.84. The molecule has 0 aliphatic heterocycles. The van der Waals surface area contributed by atoms with Crippen LogP contribution in [0.3, 0.4) is 0 Å². The number of ether oxygens (including phenoxy) is 4. The number of rotatable bonds is 16. The third-order valence-electron chi connectivity index (χ3n) is 5.74. The maximum atomic E-state index is 13.0. The zero-order valence-corrected chi connectivity index (χ0v) is 21.0. The van der Waals surface area contributed by atoms with Gasteiger partial charge >= 0.3 is 0 Å². The molecule has 3 aromatic rings. The van der Waals surface area contributed by atoms with Crippen molar-refractivity contribution in [3.8, 4) is 11.5 Å². The lowest BCUT2D eigenvalue weighted by molar-refractivity contribution is -0.125. The Bertz CT molecular complexity index is 1070. The lowest BCUT2D eigenvalue weighted by atomic mass is 10.0. The van der Waals surface area contributed by atoms with Crippen LogP contribution in [-0.2, 0) is 27.5 Å². The standard InChI is InChI=1S/C30H35NO5/c1-4-10-30(36-21-23-11-6-5-7-12-23)28(31-27-13-8-9-14-29(27)34-3)19-25(32)22-35-20-24-15-17-26(33-2)18-16-24/h4-9,11-18,28,30-31H,1,10,19-22H2,2-3H3/t28-,30+/m1/s1. The first-order valence-corrected chi connectivity index (χ1v) is 12.0. The number of methoxy groups -OCH3 is 2. The molecule has 6 nitrogen and oxygen atoms in total. The molecule has 0 radical (unpaired) electrons. The molecule has 0 spiro atoms. The summed E-state index contributed by atoms with van der Waals surface area (Å²) in [5.74, 6) is 1.46. The number of Topliss-reactive ketones (excluding diaryl/α,β-unsaturated/α-hetero) is 1. The van der Waals surface area contributed by atoms with Gasteiger partial charge in [0.15, 0.2) is 5.78 Å². The Kier molecular flexibility index (Phi) is 11.0. The highest BCUT2D eigenvalue weighted by atomic mass is 16.5. The molecule has 0 fully saturated rings. The summed E-state index contributed by atoms with van der Waals surface area (Å²) >= 11 is 0. The van der Waals surface area contributed by atoms with Crippen LogP contribution in [-0.4, -0.2) is 38.8 Å². The summed E-state index contributed by atoms with van der Waals surface area (Å²) < 4.78 is 22.7. The average molecular weight is 490 g/mol. The summed E-state index contributed by atoms with van der Waals surface area (Å²) in [6.07, 6.45) is 2.35. The number of carbonyl (C=O) groups excluding carboxylic acids is 1. The van der Waals surface area contributed by atoms with Gasteiger partial charge < -0.3 is 24.3 Å². The van der Waals surface area contributed by atoms with Crippen molar-refractivity contribution in [3.05, 3.63) is 103 Å². The first-order valence-electron chi connectivity index (χ1n) is 12.0. The lowest BCUT2D eigenvalue weighted by Gasteiger charge is -2.29. The maximum absolute atomic E-state index is 13.0. The van der Waals surface area contributed by atoms with Gasteiger partial charge in [-0.05, 0) is 41.8 Å². The molecular formula is C30H35NO5. The Hall–Kier alpha value is -3.61. The predicted octanol–water partition coefficient (Wildman–Crippen LogP) is 5.82. The minimum Gasteiger partial charge on any atom is -0.497 e. The molecule has 2 atom stereocenters. The van der Waals surface area contributed by atoms with Crippen molar-refractivity contribution in [2.45, 2.75) is 38.2 Å². The molecule has 1 N–H and O–H groups in total. The second kappa shape index (κ2) is 14.7. The van der Waals surface area contributed by atoms with Gasteiger partial charge in [0.2, 0.25) is 0 Å². The van der Waals surface area contributed by atoms with Crippen LogP contribution in [0.15, 0.2) is 91.5 Å². The summed E-state index contributed by atoms with van der Waals surface area (Å²) in [4.78, 5) is 13.0. The highest BCUT2D eigenvalue weighted by Crippen LogP contribution is 2.26. The number of hydrogen-bond acceptors (Lipinski definition) is 6. The molecule has 3 aromatic carbocycles. The van der Waals surface area contributed by atoms with E-state index in [9.17, 15) is 4.79 Å².